The van der Waals surface area contributed by atoms with Crippen molar-refractivity contribution in [3.8, 4) is 0 Å². The molecule has 0 aromatic heterocycles. The fourth-order valence-electron chi connectivity index (χ4n) is 0.472. The third-order valence-electron chi connectivity index (χ3n) is 1.81. The van der Waals surface area contributed by atoms with Crippen LogP contribution in [0.4, 0.5) is 0 Å². The Hall–Kier alpha value is -0.770. The highest BCUT2D eigenvalue weighted by atomic mass is 16.3. The lowest BCUT2D eigenvalue weighted by molar-refractivity contribution is 0.0586. The van der Waals surface area contributed by atoms with Gasteiger partial charge in [-0.15, -0.1) is 0 Å². The molecule has 0 amide bonds. The Morgan fingerprint density at radius 1 is 1.50 bits per heavy atom. The van der Waals surface area contributed by atoms with E-state index in [4.69, 9.17) is 5.73 Å². The number of guanidine groups is 1. The standard InChI is InChI=1S/C8H19N3O/c1-6(8(2,3)12)10-7(9)11(4)5/h6,12H,1-5H3,(H2,9,10). The molecule has 12 heavy (non-hydrogen) atoms. The number of aliphatic hydroxyl groups is 1. The molecule has 0 rings (SSSR count). The summed E-state index contributed by atoms with van der Waals surface area (Å²) in [6.45, 7) is 5.25. The number of hydrogen-bond acceptors (Lipinski definition) is 2. The third-order valence-corrected chi connectivity index (χ3v) is 1.81. The van der Waals surface area contributed by atoms with Gasteiger partial charge in [0.2, 0.25) is 0 Å². The average Bonchev–Trinajstić information content (AvgIpc) is 1.85. The van der Waals surface area contributed by atoms with Gasteiger partial charge in [-0.25, -0.2) is 4.99 Å². The molecule has 3 N–H and O–H groups in total. The van der Waals surface area contributed by atoms with Gasteiger partial charge in [0.15, 0.2) is 5.96 Å². The first kappa shape index (κ1) is 11.2. The zero-order valence-electron chi connectivity index (χ0n) is 8.50. The predicted octanol–water partition coefficient (Wildman–Crippen LogP) is 0.0221. The van der Waals surface area contributed by atoms with Crippen LogP contribution in [-0.2, 0) is 0 Å². The minimum Gasteiger partial charge on any atom is -0.388 e. The summed E-state index contributed by atoms with van der Waals surface area (Å²) in [6, 6.07) is -0.195. The van der Waals surface area contributed by atoms with Crippen molar-refractivity contribution in [2.75, 3.05) is 14.1 Å². The van der Waals surface area contributed by atoms with Gasteiger partial charge >= 0.3 is 0 Å². The summed E-state index contributed by atoms with van der Waals surface area (Å²) in [5.41, 5.74) is 4.76. The normalized spacial score (nSPS) is 16.0. The minimum atomic E-state index is -0.819. The second-order valence-corrected chi connectivity index (χ2v) is 3.71. The molecule has 1 atom stereocenters. The van der Waals surface area contributed by atoms with E-state index in [2.05, 4.69) is 4.99 Å². The van der Waals surface area contributed by atoms with Gasteiger partial charge in [-0.05, 0) is 20.8 Å². The molecule has 0 aromatic rings. The lowest BCUT2D eigenvalue weighted by Crippen LogP contribution is -2.37. The maximum Gasteiger partial charge on any atom is 0.191 e. The monoisotopic (exact) mass is 173 g/mol. The highest BCUT2D eigenvalue weighted by molar-refractivity contribution is 5.77. The van der Waals surface area contributed by atoms with Crippen molar-refractivity contribution in [3.63, 3.8) is 0 Å². The molecule has 0 aliphatic rings. The fraction of sp³-hybridized carbons (Fsp3) is 0.875. The molecule has 0 aromatic carbocycles. The number of rotatable bonds is 2. The zero-order valence-corrected chi connectivity index (χ0v) is 8.50. The van der Waals surface area contributed by atoms with E-state index in [1.54, 1.807) is 18.7 Å². The van der Waals surface area contributed by atoms with E-state index in [-0.39, 0.29) is 6.04 Å². The number of nitrogens with two attached hydrogens (primary N) is 1. The predicted molar refractivity (Wildman–Crippen MR) is 51.1 cm³/mol. The van der Waals surface area contributed by atoms with Crippen LogP contribution in [-0.4, -0.2) is 41.7 Å². The molecule has 4 nitrogen and oxygen atoms in total. The van der Waals surface area contributed by atoms with Gasteiger partial charge in [-0.3, -0.25) is 0 Å². The van der Waals surface area contributed by atoms with Crippen molar-refractivity contribution in [1.29, 1.82) is 0 Å². The number of hydrogen-bond donors (Lipinski definition) is 2. The number of aliphatic imine (C=N–C) groups is 1. The van der Waals surface area contributed by atoms with Gasteiger partial charge in [0.1, 0.15) is 0 Å². The molecule has 0 saturated heterocycles. The zero-order chi connectivity index (χ0) is 9.94. The fourth-order valence-corrected chi connectivity index (χ4v) is 0.472. The van der Waals surface area contributed by atoms with Gasteiger partial charge in [0.05, 0.1) is 11.6 Å². The second kappa shape index (κ2) is 3.76. The maximum atomic E-state index is 9.54. The molecule has 0 spiro atoms. The molecule has 0 aliphatic heterocycles. The first-order valence-corrected chi connectivity index (χ1v) is 3.98. The Kier molecular flexibility index (Phi) is 3.52. The highest BCUT2D eigenvalue weighted by Crippen LogP contribution is 2.11. The Morgan fingerprint density at radius 2 is 1.92 bits per heavy atom. The second-order valence-electron chi connectivity index (χ2n) is 3.71. The van der Waals surface area contributed by atoms with Crippen LogP contribution in [0.15, 0.2) is 4.99 Å². The van der Waals surface area contributed by atoms with Gasteiger partial charge < -0.3 is 15.7 Å². The summed E-state index contributed by atoms with van der Waals surface area (Å²) in [7, 11) is 3.63. The Bertz CT molecular complexity index is 170. The van der Waals surface area contributed by atoms with Crippen LogP contribution in [0.25, 0.3) is 0 Å². The van der Waals surface area contributed by atoms with Crippen molar-refractivity contribution in [1.82, 2.24) is 4.90 Å². The highest BCUT2D eigenvalue weighted by Gasteiger charge is 2.21. The van der Waals surface area contributed by atoms with Gasteiger partial charge in [0.25, 0.3) is 0 Å². The third kappa shape index (κ3) is 3.57. The number of nitrogens with zero attached hydrogens (tertiary/aromatic N) is 2. The van der Waals surface area contributed by atoms with Crippen molar-refractivity contribution in [2.24, 2.45) is 10.7 Å². The van der Waals surface area contributed by atoms with Gasteiger partial charge in [-0.2, -0.15) is 0 Å². The maximum absolute atomic E-state index is 9.54. The van der Waals surface area contributed by atoms with E-state index in [0.717, 1.165) is 0 Å². The van der Waals surface area contributed by atoms with Crippen molar-refractivity contribution in [3.05, 3.63) is 0 Å². The van der Waals surface area contributed by atoms with E-state index in [1.165, 1.54) is 0 Å². The van der Waals surface area contributed by atoms with Crippen LogP contribution < -0.4 is 5.73 Å². The van der Waals surface area contributed by atoms with Gasteiger partial charge in [0, 0.05) is 14.1 Å². The van der Waals surface area contributed by atoms with Gasteiger partial charge in [-0.1, -0.05) is 0 Å². The Morgan fingerprint density at radius 3 is 2.17 bits per heavy atom. The smallest absolute Gasteiger partial charge is 0.191 e. The van der Waals surface area contributed by atoms with Crippen molar-refractivity contribution in [2.45, 2.75) is 32.4 Å². The summed E-state index contributed by atoms with van der Waals surface area (Å²) in [5, 5.41) is 9.54. The van der Waals surface area contributed by atoms with E-state index in [9.17, 15) is 5.11 Å². The summed E-state index contributed by atoms with van der Waals surface area (Å²) in [5.74, 6) is 0.435. The lowest BCUT2D eigenvalue weighted by Gasteiger charge is -2.23. The molecule has 0 aliphatic carbocycles. The largest absolute Gasteiger partial charge is 0.388 e. The van der Waals surface area contributed by atoms with Crippen LogP contribution in [0.5, 0.6) is 0 Å². The van der Waals surface area contributed by atoms with Crippen LogP contribution in [0.3, 0.4) is 0 Å². The summed E-state index contributed by atoms with van der Waals surface area (Å²) in [4.78, 5) is 5.83. The van der Waals surface area contributed by atoms with E-state index < -0.39 is 5.60 Å². The molecular formula is C8H19N3O. The molecule has 0 radical (unpaired) electrons. The first-order chi connectivity index (χ1) is 5.25. The summed E-state index contributed by atoms with van der Waals surface area (Å²) >= 11 is 0. The average molecular weight is 173 g/mol. The van der Waals surface area contributed by atoms with Crippen molar-refractivity contribution >= 4 is 5.96 Å². The SMILES string of the molecule is CC(N=C(N)N(C)C)C(C)(C)O. The summed E-state index contributed by atoms with van der Waals surface area (Å²) in [6.07, 6.45) is 0. The van der Waals surface area contributed by atoms with Crippen LogP contribution in [0.1, 0.15) is 20.8 Å². The minimum absolute atomic E-state index is 0.195. The van der Waals surface area contributed by atoms with E-state index >= 15 is 0 Å². The van der Waals surface area contributed by atoms with Crippen LogP contribution in [0, 0.1) is 0 Å². The molecule has 0 bridgehead atoms. The van der Waals surface area contributed by atoms with Crippen LogP contribution in [0.2, 0.25) is 0 Å². The first-order valence-electron chi connectivity index (χ1n) is 3.98. The molecule has 72 valence electrons. The molecular weight excluding hydrogens is 154 g/mol. The topological polar surface area (TPSA) is 61.8 Å². The van der Waals surface area contributed by atoms with Crippen molar-refractivity contribution < 1.29 is 5.11 Å². The molecule has 0 heterocycles. The van der Waals surface area contributed by atoms with E-state index in [0.29, 0.717) is 5.96 Å². The molecule has 0 fully saturated rings. The summed E-state index contributed by atoms with van der Waals surface area (Å²) < 4.78 is 0. The Balaban J connectivity index is 4.34. The van der Waals surface area contributed by atoms with E-state index in [1.807, 2.05) is 21.0 Å². The molecule has 1 unspecified atom stereocenters. The molecule has 0 saturated carbocycles. The quantitative estimate of drug-likeness (QED) is 0.457. The lowest BCUT2D eigenvalue weighted by atomic mass is 10.0. The molecule has 4 heteroatoms. The Labute approximate surface area is 74.1 Å². The van der Waals surface area contributed by atoms with Crippen LogP contribution >= 0.6 is 0 Å².